The van der Waals surface area contributed by atoms with E-state index >= 15 is 0 Å². The molecule has 1 atom stereocenters. The number of hydrogen-bond acceptors (Lipinski definition) is 1. The Hall–Kier alpha value is -1.17. The van der Waals surface area contributed by atoms with Gasteiger partial charge in [-0.15, -0.1) is 6.42 Å². The molecule has 1 N–H and O–H groups in total. The van der Waals surface area contributed by atoms with Crippen LogP contribution in [0.2, 0.25) is 10.0 Å². The Kier molecular flexibility index (Phi) is 5.34. The Bertz CT molecular complexity index is 431. The molecule has 17 heavy (non-hydrogen) atoms. The monoisotopic (exact) mass is 269 g/mol. The Morgan fingerprint density at radius 1 is 1.41 bits per heavy atom. The standard InChI is InChI=1S/C13H13Cl2NO/c1-3-5-12(4-2)16-13(17)9-6-10(14)8-11(15)7-9/h2,6-8,12H,3,5H2,1H3,(H,16,17). The Morgan fingerprint density at radius 2 is 2.00 bits per heavy atom. The predicted molar refractivity (Wildman–Crippen MR) is 71.5 cm³/mol. The molecular weight excluding hydrogens is 257 g/mol. The number of halogens is 2. The van der Waals surface area contributed by atoms with Crippen molar-refractivity contribution in [2.75, 3.05) is 0 Å². The van der Waals surface area contributed by atoms with Crippen molar-refractivity contribution in [2.24, 2.45) is 0 Å². The summed E-state index contributed by atoms with van der Waals surface area (Å²) in [5.74, 6) is 2.28. The van der Waals surface area contributed by atoms with Crippen molar-refractivity contribution in [1.29, 1.82) is 0 Å². The van der Waals surface area contributed by atoms with Crippen molar-refractivity contribution >= 4 is 29.1 Å². The molecule has 0 aliphatic rings. The molecule has 0 aliphatic heterocycles. The molecule has 0 saturated carbocycles. The summed E-state index contributed by atoms with van der Waals surface area (Å²) in [4.78, 5) is 11.9. The molecule has 4 heteroatoms. The summed E-state index contributed by atoms with van der Waals surface area (Å²) in [5, 5.41) is 3.60. The van der Waals surface area contributed by atoms with Crippen molar-refractivity contribution in [3.05, 3.63) is 33.8 Å². The number of hydrogen-bond donors (Lipinski definition) is 1. The number of amides is 1. The molecule has 0 aliphatic carbocycles. The topological polar surface area (TPSA) is 29.1 Å². The highest BCUT2D eigenvalue weighted by molar-refractivity contribution is 6.35. The van der Waals surface area contributed by atoms with E-state index < -0.39 is 0 Å². The second-order valence-corrected chi connectivity index (χ2v) is 4.51. The summed E-state index contributed by atoms with van der Waals surface area (Å²) in [6.07, 6.45) is 6.98. The van der Waals surface area contributed by atoms with E-state index in [-0.39, 0.29) is 11.9 Å². The average molecular weight is 270 g/mol. The smallest absolute Gasteiger partial charge is 0.252 e. The van der Waals surface area contributed by atoms with Crippen LogP contribution in [0.5, 0.6) is 0 Å². The van der Waals surface area contributed by atoms with Gasteiger partial charge in [-0.1, -0.05) is 42.5 Å². The summed E-state index contributed by atoms with van der Waals surface area (Å²) >= 11 is 11.6. The second-order valence-electron chi connectivity index (χ2n) is 3.64. The van der Waals surface area contributed by atoms with Crippen molar-refractivity contribution in [3.8, 4) is 12.3 Å². The van der Waals surface area contributed by atoms with Gasteiger partial charge in [0.05, 0.1) is 6.04 Å². The Morgan fingerprint density at radius 3 is 2.47 bits per heavy atom. The van der Waals surface area contributed by atoms with Gasteiger partial charge in [0, 0.05) is 15.6 Å². The van der Waals surface area contributed by atoms with Crippen LogP contribution >= 0.6 is 23.2 Å². The molecule has 1 unspecified atom stereocenters. The number of benzene rings is 1. The Labute approximate surface area is 111 Å². The van der Waals surface area contributed by atoms with Gasteiger partial charge in [-0.25, -0.2) is 0 Å². The third-order valence-electron chi connectivity index (χ3n) is 2.21. The highest BCUT2D eigenvalue weighted by Crippen LogP contribution is 2.19. The fraction of sp³-hybridized carbons (Fsp3) is 0.308. The zero-order valence-electron chi connectivity index (χ0n) is 9.47. The maximum atomic E-state index is 11.9. The maximum absolute atomic E-state index is 11.9. The fourth-order valence-corrected chi connectivity index (χ4v) is 1.94. The van der Waals surface area contributed by atoms with E-state index in [1.165, 1.54) is 0 Å². The van der Waals surface area contributed by atoms with E-state index in [1.54, 1.807) is 18.2 Å². The molecular formula is C13H13Cl2NO. The largest absolute Gasteiger partial charge is 0.338 e. The van der Waals surface area contributed by atoms with Gasteiger partial charge in [0.15, 0.2) is 0 Å². The summed E-state index contributed by atoms with van der Waals surface area (Å²) in [6, 6.07) is 4.43. The molecule has 0 spiro atoms. The predicted octanol–water partition coefficient (Wildman–Crippen LogP) is 3.53. The number of carbonyl (C=O) groups excluding carboxylic acids is 1. The minimum atomic E-state index is -0.259. The van der Waals surface area contributed by atoms with Gasteiger partial charge in [0.25, 0.3) is 5.91 Å². The minimum Gasteiger partial charge on any atom is -0.338 e. The first kappa shape index (κ1) is 13.9. The molecule has 0 saturated heterocycles. The lowest BCUT2D eigenvalue weighted by Crippen LogP contribution is -2.33. The van der Waals surface area contributed by atoms with Gasteiger partial charge in [0.1, 0.15) is 0 Å². The van der Waals surface area contributed by atoms with Crippen LogP contribution in [0, 0.1) is 12.3 Å². The lowest BCUT2D eigenvalue weighted by molar-refractivity contribution is 0.0944. The second kappa shape index (κ2) is 6.54. The van der Waals surface area contributed by atoms with Crippen LogP contribution in [0.4, 0.5) is 0 Å². The van der Waals surface area contributed by atoms with E-state index in [1.807, 2.05) is 6.92 Å². The lowest BCUT2D eigenvalue weighted by Gasteiger charge is -2.12. The highest BCUT2D eigenvalue weighted by atomic mass is 35.5. The van der Waals surface area contributed by atoms with Gasteiger partial charge in [0.2, 0.25) is 0 Å². The number of nitrogens with one attached hydrogen (secondary N) is 1. The molecule has 1 amide bonds. The van der Waals surface area contributed by atoms with E-state index in [9.17, 15) is 4.79 Å². The van der Waals surface area contributed by atoms with Crippen LogP contribution in [-0.2, 0) is 0 Å². The number of carbonyl (C=O) groups is 1. The van der Waals surface area contributed by atoms with Gasteiger partial charge in [-0.3, -0.25) is 4.79 Å². The van der Waals surface area contributed by atoms with Gasteiger partial charge in [-0.05, 0) is 24.6 Å². The summed E-state index contributed by atoms with van der Waals surface area (Å²) in [5.41, 5.74) is 0.416. The van der Waals surface area contributed by atoms with Gasteiger partial charge >= 0.3 is 0 Å². The van der Waals surface area contributed by atoms with Gasteiger partial charge < -0.3 is 5.32 Å². The Balaban J connectivity index is 2.79. The SMILES string of the molecule is C#CC(CCC)NC(=O)c1cc(Cl)cc(Cl)c1. The van der Waals surface area contributed by atoms with Crippen molar-refractivity contribution < 1.29 is 4.79 Å². The first-order valence-electron chi connectivity index (χ1n) is 5.30. The maximum Gasteiger partial charge on any atom is 0.252 e. The third kappa shape index (κ3) is 4.30. The average Bonchev–Trinajstić information content (AvgIpc) is 2.27. The lowest BCUT2D eigenvalue weighted by atomic mass is 10.1. The van der Waals surface area contributed by atoms with Crippen LogP contribution in [0.25, 0.3) is 0 Å². The molecule has 0 radical (unpaired) electrons. The van der Waals surface area contributed by atoms with Crippen molar-refractivity contribution in [1.82, 2.24) is 5.32 Å². The molecule has 0 bridgehead atoms. The highest BCUT2D eigenvalue weighted by Gasteiger charge is 2.11. The van der Waals surface area contributed by atoms with Crippen molar-refractivity contribution in [2.45, 2.75) is 25.8 Å². The summed E-state index contributed by atoms with van der Waals surface area (Å²) in [6.45, 7) is 2.01. The molecule has 0 heterocycles. The van der Waals surface area contributed by atoms with Crippen LogP contribution < -0.4 is 5.32 Å². The zero-order valence-corrected chi connectivity index (χ0v) is 11.0. The summed E-state index contributed by atoms with van der Waals surface area (Å²) < 4.78 is 0. The third-order valence-corrected chi connectivity index (χ3v) is 2.65. The van der Waals surface area contributed by atoms with Gasteiger partial charge in [-0.2, -0.15) is 0 Å². The first-order valence-corrected chi connectivity index (χ1v) is 6.05. The number of terminal acetylenes is 1. The molecule has 1 aromatic rings. The molecule has 0 aromatic heterocycles. The first-order chi connectivity index (χ1) is 8.06. The normalized spacial score (nSPS) is 11.6. The van der Waals surface area contributed by atoms with Crippen LogP contribution in [0.3, 0.4) is 0 Å². The molecule has 1 aromatic carbocycles. The minimum absolute atomic E-state index is 0.259. The van der Waals surface area contributed by atoms with Crippen LogP contribution in [0.1, 0.15) is 30.1 Å². The van der Waals surface area contributed by atoms with E-state index in [0.29, 0.717) is 15.6 Å². The van der Waals surface area contributed by atoms with E-state index in [2.05, 4.69) is 11.2 Å². The van der Waals surface area contributed by atoms with E-state index in [4.69, 9.17) is 29.6 Å². The quantitative estimate of drug-likeness (QED) is 0.833. The molecule has 0 fully saturated rings. The van der Waals surface area contributed by atoms with Crippen LogP contribution in [-0.4, -0.2) is 11.9 Å². The fourth-order valence-electron chi connectivity index (χ4n) is 1.41. The number of rotatable bonds is 4. The zero-order chi connectivity index (χ0) is 12.8. The molecule has 1 rings (SSSR count). The molecule has 2 nitrogen and oxygen atoms in total. The van der Waals surface area contributed by atoms with Crippen molar-refractivity contribution in [3.63, 3.8) is 0 Å². The summed E-state index contributed by atoms with van der Waals surface area (Å²) in [7, 11) is 0. The van der Waals surface area contributed by atoms with Crippen LogP contribution in [0.15, 0.2) is 18.2 Å². The van der Waals surface area contributed by atoms with E-state index in [0.717, 1.165) is 12.8 Å². The molecule has 90 valence electrons.